The second kappa shape index (κ2) is 7.21. The van der Waals surface area contributed by atoms with E-state index in [1.165, 1.54) is 18.9 Å². The molecule has 17 heavy (non-hydrogen) atoms. The van der Waals surface area contributed by atoms with Crippen LogP contribution < -0.4 is 5.32 Å². The maximum absolute atomic E-state index is 11.5. The quantitative estimate of drug-likeness (QED) is 0.766. The molecule has 0 bridgehead atoms. The number of alkyl carbamates (subject to hydrolysis) is 1. The maximum atomic E-state index is 11.5. The molecular formula is C11H19NO4S. The molecule has 98 valence electrons. The van der Waals surface area contributed by atoms with Crippen molar-refractivity contribution in [2.24, 2.45) is 0 Å². The van der Waals surface area contributed by atoms with Gasteiger partial charge in [-0.05, 0) is 26.2 Å². The van der Waals surface area contributed by atoms with E-state index in [2.05, 4.69) is 16.6 Å². The van der Waals surface area contributed by atoms with Crippen LogP contribution in [-0.4, -0.2) is 36.6 Å². The molecule has 0 saturated carbocycles. The Hall–Kier alpha value is -1.17. The van der Waals surface area contributed by atoms with E-state index in [1.54, 1.807) is 26.2 Å². The first-order chi connectivity index (χ1) is 7.80. The standard InChI is InChI=1S/C11H19NO4S/c1-6-17-7-8(9(13)15-5)12-10(14)16-11(2,3)4/h6,8H,1,7H2,2-5H3,(H,12,14)/t8-/m0/s1. The smallest absolute Gasteiger partial charge is 0.408 e. The van der Waals surface area contributed by atoms with Crippen molar-refractivity contribution in [3.63, 3.8) is 0 Å². The van der Waals surface area contributed by atoms with E-state index >= 15 is 0 Å². The molecule has 0 saturated heterocycles. The number of hydrogen-bond donors (Lipinski definition) is 1. The minimum atomic E-state index is -0.738. The first-order valence-electron chi connectivity index (χ1n) is 5.10. The van der Waals surface area contributed by atoms with Crippen molar-refractivity contribution in [3.8, 4) is 0 Å². The van der Waals surface area contributed by atoms with E-state index in [1.807, 2.05) is 0 Å². The first-order valence-corrected chi connectivity index (χ1v) is 6.15. The predicted octanol–water partition coefficient (Wildman–Crippen LogP) is 1.93. The van der Waals surface area contributed by atoms with Gasteiger partial charge in [0.05, 0.1) is 7.11 Å². The van der Waals surface area contributed by atoms with Crippen LogP contribution in [0.5, 0.6) is 0 Å². The molecule has 0 aliphatic carbocycles. The average molecular weight is 261 g/mol. The monoisotopic (exact) mass is 261 g/mol. The Morgan fingerprint density at radius 1 is 1.47 bits per heavy atom. The summed E-state index contributed by atoms with van der Waals surface area (Å²) < 4.78 is 9.63. The van der Waals surface area contributed by atoms with Gasteiger partial charge in [-0.25, -0.2) is 9.59 Å². The van der Waals surface area contributed by atoms with Crippen LogP contribution in [0.25, 0.3) is 0 Å². The van der Waals surface area contributed by atoms with E-state index in [4.69, 9.17) is 4.74 Å². The van der Waals surface area contributed by atoms with Gasteiger partial charge in [0.2, 0.25) is 0 Å². The fourth-order valence-electron chi connectivity index (χ4n) is 0.925. The van der Waals surface area contributed by atoms with E-state index in [0.29, 0.717) is 5.75 Å². The minimum Gasteiger partial charge on any atom is -0.467 e. The van der Waals surface area contributed by atoms with Crippen molar-refractivity contribution in [1.82, 2.24) is 5.32 Å². The van der Waals surface area contributed by atoms with Gasteiger partial charge >= 0.3 is 12.1 Å². The summed E-state index contributed by atoms with van der Waals surface area (Å²) in [6, 6.07) is -0.738. The van der Waals surface area contributed by atoms with Crippen molar-refractivity contribution in [2.45, 2.75) is 32.4 Å². The summed E-state index contributed by atoms with van der Waals surface area (Å²) in [5.41, 5.74) is -0.601. The summed E-state index contributed by atoms with van der Waals surface area (Å²) in [7, 11) is 1.27. The molecule has 0 aliphatic heterocycles. The van der Waals surface area contributed by atoms with Crippen LogP contribution in [0.4, 0.5) is 4.79 Å². The zero-order valence-corrected chi connectivity index (χ0v) is 11.4. The first kappa shape index (κ1) is 15.8. The molecule has 1 atom stereocenters. The Labute approximate surface area is 106 Å². The zero-order chi connectivity index (χ0) is 13.5. The number of amides is 1. The highest BCUT2D eigenvalue weighted by atomic mass is 32.2. The molecule has 0 heterocycles. The molecule has 0 fully saturated rings. The van der Waals surface area contributed by atoms with Gasteiger partial charge < -0.3 is 14.8 Å². The number of nitrogens with one attached hydrogen (secondary N) is 1. The fraction of sp³-hybridized carbons (Fsp3) is 0.636. The van der Waals surface area contributed by atoms with Gasteiger partial charge in [0, 0.05) is 5.75 Å². The van der Waals surface area contributed by atoms with E-state index < -0.39 is 23.7 Å². The highest BCUT2D eigenvalue weighted by Crippen LogP contribution is 2.09. The molecule has 1 amide bonds. The number of carbonyl (C=O) groups excluding carboxylic acids is 2. The lowest BCUT2D eigenvalue weighted by Gasteiger charge is -2.22. The third kappa shape index (κ3) is 7.68. The fourth-order valence-corrected chi connectivity index (χ4v) is 1.47. The predicted molar refractivity (Wildman–Crippen MR) is 67.8 cm³/mol. The molecule has 0 spiro atoms. The summed E-state index contributed by atoms with van der Waals surface area (Å²) in [6.07, 6.45) is -0.641. The SMILES string of the molecule is C=CSC[C@H](NC(=O)OC(C)(C)C)C(=O)OC. The zero-order valence-electron chi connectivity index (χ0n) is 10.6. The van der Waals surface area contributed by atoms with Crippen molar-refractivity contribution in [3.05, 3.63) is 12.0 Å². The lowest BCUT2D eigenvalue weighted by molar-refractivity contribution is -0.142. The Kier molecular flexibility index (Phi) is 6.72. The molecule has 6 heteroatoms. The Morgan fingerprint density at radius 2 is 2.06 bits per heavy atom. The molecule has 0 radical (unpaired) electrons. The molecule has 0 aromatic heterocycles. The number of esters is 1. The van der Waals surface area contributed by atoms with Gasteiger partial charge in [-0.3, -0.25) is 0 Å². The van der Waals surface area contributed by atoms with Crippen LogP contribution in [0.2, 0.25) is 0 Å². The van der Waals surface area contributed by atoms with Crippen LogP contribution in [0.15, 0.2) is 12.0 Å². The highest BCUT2D eigenvalue weighted by molar-refractivity contribution is 8.02. The summed E-state index contributed by atoms with van der Waals surface area (Å²) in [5, 5.41) is 4.04. The summed E-state index contributed by atoms with van der Waals surface area (Å²) in [5.74, 6) is -0.153. The number of ether oxygens (including phenoxy) is 2. The topological polar surface area (TPSA) is 64.6 Å². The van der Waals surface area contributed by atoms with Gasteiger partial charge in [-0.2, -0.15) is 0 Å². The lowest BCUT2D eigenvalue weighted by atomic mass is 10.2. The normalized spacial score (nSPS) is 12.5. The second-order valence-electron chi connectivity index (χ2n) is 4.22. The third-order valence-corrected chi connectivity index (χ3v) is 2.32. The van der Waals surface area contributed by atoms with E-state index in [-0.39, 0.29) is 0 Å². The van der Waals surface area contributed by atoms with Crippen LogP contribution >= 0.6 is 11.8 Å². The number of hydrogen-bond acceptors (Lipinski definition) is 5. The minimum absolute atomic E-state index is 0.357. The number of methoxy groups -OCH3 is 1. The molecule has 0 aromatic rings. The summed E-state index contributed by atoms with van der Waals surface area (Å²) >= 11 is 1.31. The van der Waals surface area contributed by atoms with Gasteiger partial charge in [-0.15, -0.1) is 11.8 Å². The van der Waals surface area contributed by atoms with Gasteiger partial charge in [0.15, 0.2) is 0 Å². The average Bonchev–Trinajstić information content (AvgIpc) is 2.20. The van der Waals surface area contributed by atoms with E-state index in [9.17, 15) is 9.59 Å². The van der Waals surface area contributed by atoms with Crippen LogP contribution in [0.3, 0.4) is 0 Å². The van der Waals surface area contributed by atoms with Crippen LogP contribution in [0, 0.1) is 0 Å². The van der Waals surface area contributed by atoms with Crippen LogP contribution in [-0.2, 0) is 14.3 Å². The van der Waals surface area contributed by atoms with Gasteiger partial charge in [-0.1, -0.05) is 6.58 Å². The highest BCUT2D eigenvalue weighted by Gasteiger charge is 2.24. The van der Waals surface area contributed by atoms with Crippen molar-refractivity contribution >= 4 is 23.8 Å². The second-order valence-corrected chi connectivity index (χ2v) is 5.22. The molecular weight excluding hydrogens is 242 g/mol. The summed E-state index contributed by atoms with van der Waals surface area (Å²) in [4.78, 5) is 22.9. The molecule has 0 aliphatic rings. The largest absolute Gasteiger partial charge is 0.467 e. The molecule has 1 N–H and O–H groups in total. The summed E-state index contributed by atoms with van der Waals surface area (Å²) in [6.45, 7) is 8.77. The van der Waals surface area contributed by atoms with Gasteiger partial charge in [0.25, 0.3) is 0 Å². The Bertz CT molecular complexity index is 286. The van der Waals surface area contributed by atoms with Crippen molar-refractivity contribution < 1.29 is 19.1 Å². The lowest BCUT2D eigenvalue weighted by Crippen LogP contribution is -2.45. The van der Waals surface area contributed by atoms with Crippen molar-refractivity contribution in [1.29, 1.82) is 0 Å². The molecule has 0 rings (SSSR count). The Morgan fingerprint density at radius 3 is 2.47 bits per heavy atom. The van der Waals surface area contributed by atoms with Gasteiger partial charge in [0.1, 0.15) is 11.6 Å². The number of carbonyl (C=O) groups is 2. The van der Waals surface area contributed by atoms with E-state index in [0.717, 1.165) is 0 Å². The number of thioether (sulfide) groups is 1. The molecule has 0 unspecified atom stereocenters. The third-order valence-electron chi connectivity index (χ3n) is 1.56. The van der Waals surface area contributed by atoms with Crippen LogP contribution in [0.1, 0.15) is 20.8 Å². The molecule has 0 aromatic carbocycles. The number of rotatable bonds is 5. The maximum Gasteiger partial charge on any atom is 0.408 e. The van der Waals surface area contributed by atoms with Crippen molar-refractivity contribution in [2.75, 3.05) is 12.9 Å². The Balaban J connectivity index is 4.37. The molecule has 5 nitrogen and oxygen atoms in total.